The van der Waals surface area contributed by atoms with Crippen molar-refractivity contribution in [3.63, 3.8) is 0 Å². The molecule has 15 heavy (non-hydrogen) atoms. The summed E-state index contributed by atoms with van der Waals surface area (Å²) in [6.45, 7) is 4.42. The van der Waals surface area contributed by atoms with Crippen molar-refractivity contribution in [3.8, 4) is 0 Å². The Morgan fingerprint density at radius 1 is 1.33 bits per heavy atom. The predicted molar refractivity (Wildman–Crippen MR) is 54.0 cm³/mol. The number of ketones is 2. The van der Waals surface area contributed by atoms with Gasteiger partial charge in [-0.3, -0.25) is 9.59 Å². The minimum atomic E-state index is -0.657. The van der Waals surface area contributed by atoms with Crippen LogP contribution < -0.4 is 0 Å². The summed E-state index contributed by atoms with van der Waals surface area (Å²) in [7, 11) is 0. The maximum atomic E-state index is 11.2. The lowest BCUT2D eigenvalue weighted by Gasteiger charge is -2.24. The Hall–Kier alpha value is -1.42. The van der Waals surface area contributed by atoms with Crippen molar-refractivity contribution in [3.05, 3.63) is 23.4 Å². The van der Waals surface area contributed by atoms with E-state index in [1.807, 2.05) is 18.7 Å². The zero-order valence-electron chi connectivity index (χ0n) is 8.73. The number of carbonyl (C=O) groups is 2. The van der Waals surface area contributed by atoms with Gasteiger partial charge in [0.05, 0.1) is 6.10 Å². The molecule has 1 fully saturated rings. The second-order valence-electron chi connectivity index (χ2n) is 4.12. The van der Waals surface area contributed by atoms with Crippen molar-refractivity contribution in [1.29, 1.82) is 0 Å². The van der Waals surface area contributed by atoms with Crippen LogP contribution in [0.4, 0.5) is 0 Å². The largest absolute Gasteiger partial charge is 0.386 e. The van der Waals surface area contributed by atoms with Gasteiger partial charge < -0.3 is 10.0 Å². The van der Waals surface area contributed by atoms with E-state index in [9.17, 15) is 14.7 Å². The molecule has 1 aliphatic heterocycles. The number of hydrogen-bond acceptors (Lipinski definition) is 4. The van der Waals surface area contributed by atoms with Gasteiger partial charge in [-0.25, -0.2) is 0 Å². The number of likely N-dealkylation sites (tertiary alicyclic amines) is 1. The van der Waals surface area contributed by atoms with E-state index >= 15 is 0 Å². The molecule has 1 unspecified atom stereocenters. The van der Waals surface area contributed by atoms with Crippen molar-refractivity contribution in [2.45, 2.75) is 26.0 Å². The molecule has 1 heterocycles. The van der Waals surface area contributed by atoms with Gasteiger partial charge >= 0.3 is 0 Å². The lowest BCUT2D eigenvalue weighted by molar-refractivity contribution is -0.131. The molecule has 0 aromatic heterocycles. The van der Waals surface area contributed by atoms with Crippen LogP contribution in [0.5, 0.6) is 0 Å². The zero-order chi connectivity index (χ0) is 11.2. The van der Waals surface area contributed by atoms with E-state index in [-0.39, 0.29) is 6.04 Å². The molecule has 1 N–H and O–H groups in total. The normalized spacial score (nSPS) is 25.6. The van der Waals surface area contributed by atoms with Crippen LogP contribution in [0.1, 0.15) is 13.8 Å². The van der Waals surface area contributed by atoms with Gasteiger partial charge in [-0.2, -0.15) is 0 Å². The molecular formula is C11H13NO3. The first-order chi connectivity index (χ1) is 7.00. The van der Waals surface area contributed by atoms with Crippen molar-refractivity contribution >= 4 is 11.6 Å². The van der Waals surface area contributed by atoms with E-state index in [0.29, 0.717) is 17.8 Å². The SMILES string of the molecule is CC(C)N1CC(O)C2=CC(=O)C(=O)C=C21. The fourth-order valence-corrected chi connectivity index (χ4v) is 1.95. The molecule has 2 rings (SSSR count). The molecule has 0 amide bonds. The van der Waals surface area contributed by atoms with E-state index in [2.05, 4.69) is 0 Å². The van der Waals surface area contributed by atoms with Gasteiger partial charge in [0, 0.05) is 29.9 Å². The number of carbonyl (C=O) groups excluding carboxylic acids is 2. The lowest BCUT2D eigenvalue weighted by atomic mass is 10.0. The number of fused-ring (bicyclic) bond motifs is 1. The number of hydrogen-bond donors (Lipinski definition) is 1. The monoisotopic (exact) mass is 207 g/mol. The summed E-state index contributed by atoms with van der Waals surface area (Å²) in [4.78, 5) is 24.3. The molecule has 0 spiro atoms. The third-order valence-electron chi connectivity index (χ3n) is 2.75. The maximum absolute atomic E-state index is 11.2. The van der Waals surface area contributed by atoms with E-state index in [1.165, 1.54) is 12.2 Å². The Bertz CT molecular complexity index is 393. The van der Waals surface area contributed by atoms with Crippen LogP contribution in [-0.2, 0) is 9.59 Å². The molecule has 0 aromatic carbocycles. The number of nitrogens with zero attached hydrogens (tertiary/aromatic N) is 1. The molecule has 0 radical (unpaired) electrons. The highest BCUT2D eigenvalue weighted by Gasteiger charge is 2.35. The molecule has 1 aliphatic carbocycles. The van der Waals surface area contributed by atoms with Gasteiger partial charge in [0.15, 0.2) is 0 Å². The summed E-state index contributed by atoms with van der Waals surface area (Å²) in [5, 5.41) is 9.73. The average molecular weight is 207 g/mol. The zero-order valence-corrected chi connectivity index (χ0v) is 8.73. The quantitative estimate of drug-likeness (QED) is 0.487. The van der Waals surface area contributed by atoms with Gasteiger partial charge in [-0.15, -0.1) is 0 Å². The lowest BCUT2D eigenvalue weighted by Crippen LogP contribution is -2.29. The van der Waals surface area contributed by atoms with Crippen LogP contribution in [0.2, 0.25) is 0 Å². The van der Waals surface area contributed by atoms with Crippen LogP contribution in [0.3, 0.4) is 0 Å². The first kappa shape index (κ1) is 10.1. The Morgan fingerprint density at radius 3 is 2.53 bits per heavy atom. The first-order valence-corrected chi connectivity index (χ1v) is 4.97. The van der Waals surface area contributed by atoms with Gasteiger partial charge in [0.2, 0.25) is 11.6 Å². The summed E-state index contributed by atoms with van der Waals surface area (Å²) in [6.07, 6.45) is 1.93. The third kappa shape index (κ3) is 1.51. The van der Waals surface area contributed by atoms with Crippen molar-refractivity contribution in [2.24, 2.45) is 0 Å². The molecule has 2 aliphatic rings. The van der Waals surface area contributed by atoms with Gasteiger partial charge in [-0.1, -0.05) is 0 Å². The standard InChI is InChI=1S/C11H13NO3/c1-6(2)12-5-11(15)7-3-9(13)10(14)4-8(7)12/h3-4,6,11,15H,5H2,1-2H3. The Labute approximate surface area is 87.9 Å². The molecule has 0 bridgehead atoms. The number of rotatable bonds is 1. The fraction of sp³-hybridized carbons (Fsp3) is 0.455. The number of aliphatic hydroxyl groups excluding tert-OH is 1. The highest BCUT2D eigenvalue weighted by Crippen LogP contribution is 2.31. The van der Waals surface area contributed by atoms with Crippen LogP contribution in [-0.4, -0.2) is 40.3 Å². The molecule has 4 heteroatoms. The smallest absolute Gasteiger partial charge is 0.227 e. The summed E-state index contributed by atoms with van der Waals surface area (Å²) in [6, 6.07) is 0.206. The summed E-state index contributed by atoms with van der Waals surface area (Å²) < 4.78 is 0. The fourth-order valence-electron chi connectivity index (χ4n) is 1.95. The van der Waals surface area contributed by atoms with E-state index in [4.69, 9.17) is 0 Å². The molecule has 1 atom stereocenters. The van der Waals surface area contributed by atoms with Crippen LogP contribution in [0.25, 0.3) is 0 Å². The number of aliphatic hydroxyl groups is 1. The number of β-amino-alcohol motifs (C(OH)–C–C–N with tert-alkyl or cyclic N) is 1. The highest BCUT2D eigenvalue weighted by molar-refractivity contribution is 6.46. The summed E-state index contributed by atoms with van der Waals surface area (Å²) in [5.41, 5.74) is 1.27. The second-order valence-corrected chi connectivity index (χ2v) is 4.12. The van der Waals surface area contributed by atoms with Gasteiger partial charge in [0.25, 0.3) is 0 Å². The molecule has 80 valence electrons. The maximum Gasteiger partial charge on any atom is 0.227 e. The second kappa shape index (κ2) is 3.31. The predicted octanol–water partition coefficient (Wildman–Crippen LogP) is 0.0334. The van der Waals surface area contributed by atoms with E-state index in [1.54, 1.807) is 0 Å². The minimum absolute atomic E-state index is 0.206. The molecule has 0 saturated carbocycles. The van der Waals surface area contributed by atoms with Crippen LogP contribution >= 0.6 is 0 Å². The third-order valence-corrected chi connectivity index (χ3v) is 2.75. The Balaban J connectivity index is 2.42. The van der Waals surface area contributed by atoms with E-state index < -0.39 is 17.7 Å². The topological polar surface area (TPSA) is 57.6 Å². The Morgan fingerprint density at radius 2 is 1.93 bits per heavy atom. The number of allylic oxidation sites excluding steroid dienone is 2. The minimum Gasteiger partial charge on any atom is -0.386 e. The van der Waals surface area contributed by atoms with E-state index in [0.717, 1.165) is 0 Å². The van der Waals surface area contributed by atoms with Crippen molar-refractivity contribution < 1.29 is 14.7 Å². The molecule has 1 saturated heterocycles. The summed E-state index contributed by atoms with van der Waals surface area (Å²) in [5.74, 6) is -1.05. The molecular weight excluding hydrogens is 194 g/mol. The van der Waals surface area contributed by atoms with Crippen LogP contribution in [0, 0.1) is 0 Å². The Kier molecular flexibility index (Phi) is 2.23. The highest BCUT2D eigenvalue weighted by atomic mass is 16.3. The summed E-state index contributed by atoms with van der Waals surface area (Å²) >= 11 is 0. The van der Waals surface area contributed by atoms with Gasteiger partial charge in [-0.05, 0) is 19.9 Å². The van der Waals surface area contributed by atoms with Crippen LogP contribution in [0.15, 0.2) is 23.4 Å². The molecule has 0 aromatic rings. The van der Waals surface area contributed by atoms with Gasteiger partial charge in [0.1, 0.15) is 0 Å². The van der Waals surface area contributed by atoms with Crippen molar-refractivity contribution in [2.75, 3.05) is 6.54 Å². The first-order valence-electron chi connectivity index (χ1n) is 4.97. The molecule has 4 nitrogen and oxygen atoms in total. The van der Waals surface area contributed by atoms with Crippen molar-refractivity contribution in [1.82, 2.24) is 4.90 Å². The average Bonchev–Trinajstić information content (AvgIpc) is 2.45.